The standard InChI is InChI=1S/C55H34N2/c1-2-14-37(15-3-1)56-52-25-13-8-20-44(52)46-32-35(27-31-53(46)56)36-26-29-45-43-19-7-12-24-51(43)57(54(45)33-36)38-28-30-42-41-18-6-11-23-49(41)55(50(42)34-38)47-21-9-4-16-39(47)40-17-5-10-22-48(40)55/h1-34H. The van der Waals surface area contributed by atoms with E-state index < -0.39 is 5.41 Å². The molecule has 13 rings (SSSR count). The van der Waals surface area contributed by atoms with Gasteiger partial charge < -0.3 is 9.13 Å². The molecule has 57 heavy (non-hydrogen) atoms. The third-order valence-corrected chi connectivity index (χ3v) is 12.9. The zero-order valence-corrected chi connectivity index (χ0v) is 31.0. The van der Waals surface area contributed by atoms with Crippen LogP contribution in [0.5, 0.6) is 0 Å². The lowest BCUT2D eigenvalue weighted by molar-refractivity contribution is 0.792. The van der Waals surface area contributed by atoms with Crippen molar-refractivity contribution in [2.75, 3.05) is 0 Å². The summed E-state index contributed by atoms with van der Waals surface area (Å²) in [5.74, 6) is 0. The maximum Gasteiger partial charge on any atom is 0.0726 e. The minimum Gasteiger partial charge on any atom is -0.309 e. The fourth-order valence-corrected chi connectivity index (χ4v) is 10.7. The van der Waals surface area contributed by atoms with Gasteiger partial charge >= 0.3 is 0 Å². The van der Waals surface area contributed by atoms with Gasteiger partial charge in [-0.1, -0.05) is 152 Å². The van der Waals surface area contributed by atoms with Crippen molar-refractivity contribution < 1.29 is 0 Å². The van der Waals surface area contributed by atoms with Gasteiger partial charge in [0.15, 0.2) is 0 Å². The van der Waals surface area contributed by atoms with E-state index in [1.165, 1.54) is 111 Å². The molecule has 2 heteroatoms. The third kappa shape index (κ3) is 3.99. The molecule has 0 bridgehead atoms. The molecule has 2 aliphatic rings. The summed E-state index contributed by atoms with van der Waals surface area (Å²) in [6.07, 6.45) is 0. The molecule has 0 aliphatic heterocycles. The molecule has 2 aromatic heterocycles. The number of aromatic nitrogens is 2. The van der Waals surface area contributed by atoms with E-state index in [4.69, 9.17) is 0 Å². The van der Waals surface area contributed by atoms with Gasteiger partial charge in [-0.25, -0.2) is 0 Å². The summed E-state index contributed by atoms with van der Waals surface area (Å²) in [6.45, 7) is 0. The summed E-state index contributed by atoms with van der Waals surface area (Å²) >= 11 is 0. The first-order valence-electron chi connectivity index (χ1n) is 19.9. The molecule has 0 atom stereocenters. The molecule has 9 aromatic carbocycles. The lowest BCUT2D eigenvalue weighted by Gasteiger charge is -2.30. The number of benzene rings is 9. The van der Waals surface area contributed by atoms with E-state index in [9.17, 15) is 0 Å². The van der Waals surface area contributed by atoms with Crippen LogP contribution < -0.4 is 0 Å². The number of nitrogens with zero attached hydrogens (tertiary/aromatic N) is 2. The molecular formula is C55H34N2. The minimum absolute atomic E-state index is 0.395. The first kappa shape index (κ1) is 30.9. The topological polar surface area (TPSA) is 9.86 Å². The van der Waals surface area contributed by atoms with Crippen LogP contribution in [-0.4, -0.2) is 9.13 Å². The number of fused-ring (bicyclic) bond motifs is 16. The number of rotatable bonds is 3. The molecule has 11 aromatic rings. The largest absolute Gasteiger partial charge is 0.309 e. The van der Waals surface area contributed by atoms with E-state index in [1.807, 2.05) is 0 Å². The summed E-state index contributed by atoms with van der Waals surface area (Å²) < 4.78 is 4.88. The minimum atomic E-state index is -0.395. The van der Waals surface area contributed by atoms with Gasteiger partial charge in [-0.15, -0.1) is 0 Å². The van der Waals surface area contributed by atoms with Gasteiger partial charge in [0, 0.05) is 32.9 Å². The van der Waals surface area contributed by atoms with Crippen molar-refractivity contribution in [3.05, 3.63) is 229 Å². The van der Waals surface area contributed by atoms with Crippen LogP contribution in [0, 0.1) is 0 Å². The highest BCUT2D eigenvalue weighted by molar-refractivity contribution is 6.12. The van der Waals surface area contributed by atoms with E-state index in [0.29, 0.717) is 0 Å². The van der Waals surface area contributed by atoms with Gasteiger partial charge in [-0.05, 0) is 110 Å². The van der Waals surface area contributed by atoms with Crippen LogP contribution in [0.25, 0.3) is 88.4 Å². The maximum atomic E-state index is 2.50. The first-order chi connectivity index (χ1) is 28.3. The molecule has 2 aliphatic carbocycles. The maximum absolute atomic E-state index is 2.50. The van der Waals surface area contributed by atoms with Crippen molar-refractivity contribution in [3.63, 3.8) is 0 Å². The second-order valence-electron chi connectivity index (χ2n) is 15.6. The van der Waals surface area contributed by atoms with Crippen molar-refractivity contribution in [2.45, 2.75) is 5.41 Å². The van der Waals surface area contributed by atoms with Gasteiger partial charge in [0.05, 0.1) is 27.5 Å². The zero-order chi connectivity index (χ0) is 37.2. The predicted octanol–water partition coefficient (Wildman–Crippen LogP) is 13.9. The molecule has 0 amide bonds. The Balaban J connectivity index is 1.05. The normalized spacial score (nSPS) is 13.4. The monoisotopic (exact) mass is 722 g/mol. The highest BCUT2D eigenvalue weighted by Crippen LogP contribution is 2.63. The first-order valence-corrected chi connectivity index (χ1v) is 19.9. The van der Waals surface area contributed by atoms with Gasteiger partial charge in [0.2, 0.25) is 0 Å². The van der Waals surface area contributed by atoms with Crippen LogP contribution >= 0.6 is 0 Å². The Morgan fingerprint density at radius 3 is 1.40 bits per heavy atom. The SMILES string of the molecule is c1ccc(-n2c3ccccc3c3cc(-c4ccc5c6ccccc6n(-c6ccc7c(c6)C6(c8ccccc8-c8ccccc86)c6ccccc6-7)c5c4)ccc32)cc1. The summed E-state index contributed by atoms with van der Waals surface area (Å²) in [5.41, 5.74) is 19.9. The Kier molecular flexibility index (Phi) is 6.13. The van der Waals surface area contributed by atoms with E-state index in [1.54, 1.807) is 0 Å². The van der Waals surface area contributed by atoms with Crippen molar-refractivity contribution in [1.82, 2.24) is 9.13 Å². The average Bonchev–Trinajstić information content (AvgIpc) is 3.98. The van der Waals surface area contributed by atoms with Crippen LogP contribution in [-0.2, 0) is 5.41 Å². The Hall–Kier alpha value is -7.42. The van der Waals surface area contributed by atoms with Gasteiger partial charge in [0.25, 0.3) is 0 Å². The van der Waals surface area contributed by atoms with E-state index in [2.05, 4.69) is 215 Å². The Bertz CT molecular complexity index is 3410. The Labute approximate surface area is 330 Å². The summed E-state index contributed by atoms with van der Waals surface area (Å²) in [6, 6.07) is 76.7. The third-order valence-electron chi connectivity index (χ3n) is 12.9. The van der Waals surface area contributed by atoms with Crippen molar-refractivity contribution in [2.24, 2.45) is 0 Å². The van der Waals surface area contributed by atoms with Crippen molar-refractivity contribution in [3.8, 4) is 44.8 Å². The van der Waals surface area contributed by atoms with Crippen LogP contribution in [0.15, 0.2) is 206 Å². The second kappa shape index (κ2) is 11.3. The predicted molar refractivity (Wildman–Crippen MR) is 237 cm³/mol. The molecular weight excluding hydrogens is 689 g/mol. The number of hydrogen-bond donors (Lipinski definition) is 0. The molecule has 0 saturated carbocycles. The Morgan fingerprint density at radius 2 is 0.737 bits per heavy atom. The van der Waals surface area contributed by atoms with Crippen LogP contribution in [0.4, 0.5) is 0 Å². The van der Waals surface area contributed by atoms with Gasteiger partial charge in [-0.3, -0.25) is 0 Å². The molecule has 0 saturated heterocycles. The van der Waals surface area contributed by atoms with Gasteiger partial charge in [-0.2, -0.15) is 0 Å². The number of para-hydroxylation sites is 3. The van der Waals surface area contributed by atoms with Crippen molar-refractivity contribution >= 4 is 43.6 Å². The molecule has 0 fully saturated rings. The van der Waals surface area contributed by atoms with Crippen molar-refractivity contribution in [1.29, 1.82) is 0 Å². The summed E-state index contributed by atoms with van der Waals surface area (Å²) in [4.78, 5) is 0. The molecule has 0 radical (unpaired) electrons. The molecule has 0 N–H and O–H groups in total. The average molecular weight is 723 g/mol. The van der Waals surface area contributed by atoms with Crippen LogP contribution in [0.3, 0.4) is 0 Å². The zero-order valence-electron chi connectivity index (χ0n) is 31.0. The highest BCUT2D eigenvalue weighted by atomic mass is 15.0. The van der Waals surface area contributed by atoms with Crippen LogP contribution in [0.1, 0.15) is 22.3 Å². The highest BCUT2D eigenvalue weighted by Gasteiger charge is 2.51. The van der Waals surface area contributed by atoms with E-state index >= 15 is 0 Å². The molecule has 1 spiro atoms. The van der Waals surface area contributed by atoms with E-state index in [-0.39, 0.29) is 0 Å². The molecule has 2 heterocycles. The quantitative estimate of drug-likeness (QED) is 0.172. The number of hydrogen-bond acceptors (Lipinski definition) is 0. The lowest BCUT2D eigenvalue weighted by Crippen LogP contribution is -2.26. The molecule has 0 unspecified atom stereocenters. The van der Waals surface area contributed by atoms with E-state index in [0.717, 1.165) is 0 Å². The molecule has 2 nitrogen and oxygen atoms in total. The smallest absolute Gasteiger partial charge is 0.0726 e. The van der Waals surface area contributed by atoms with Crippen LogP contribution in [0.2, 0.25) is 0 Å². The Morgan fingerprint density at radius 1 is 0.263 bits per heavy atom. The summed E-state index contributed by atoms with van der Waals surface area (Å²) in [5, 5.41) is 5.03. The lowest BCUT2D eigenvalue weighted by atomic mass is 9.70. The second-order valence-corrected chi connectivity index (χ2v) is 15.6. The fraction of sp³-hybridized carbons (Fsp3) is 0.0182. The fourth-order valence-electron chi connectivity index (χ4n) is 10.7. The summed E-state index contributed by atoms with van der Waals surface area (Å²) in [7, 11) is 0. The molecule has 264 valence electrons. The van der Waals surface area contributed by atoms with Gasteiger partial charge in [0.1, 0.15) is 0 Å².